The summed E-state index contributed by atoms with van der Waals surface area (Å²) < 4.78 is 27.3. The Kier molecular flexibility index (Phi) is 31.4. The van der Waals surface area contributed by atoms with Gasteiger partial charge in [-0.3, -0.25) is 4.79 Å². The van der Waals surface area contributed by atoms with E-state index in [0.29, 0.717) is 6.61 Å². The number of rotatable bonds is 4. The summed E-state index contributed by atoms with van der Waals surface area (Å²) in [4.78, 5) is 10.5. The third-order valence-corrected chi connectivity index (χ3v) is 2.03. The molecule has 0 aliphatic rings. The molecule has 0 aliphatic heterocycles. The van der Waals surface area contributed by atoms with Gasteiger partial charge in [0.25, 0.3) is 0 Å². The van der Waals surface area contributed by atoms with Crippen LogP contribution in [0.4, 0.5) is 0 Å². The van der Waals surface area contributed by atoms with E-state index in [0.717, 1.165) is 11.1 Å². The number of hydrogen-bond acceptors (Lipinski definition) is 2. The van der Waals surface area contributed by atoms with Crippen LogP contribution < -0.4 is 0 Å². The Labute approximate surface area is 147 Å². The Balaban J connectivity index is -0.000000231. The minimum absolute atomic E-state index is 0. The predicted octanol–water partition coefficient (Wildman–Crippen LogP) is 3.09. The van der Waals surface area contributed by atoms with Gasteiger partial charge in [0, 0.05) is 24.0 Å². The first-order chi connectivity index (χ1) is 10.7. The topological polar surface area (TPSA) is 86.0 Å². The van der Waals surface area contributed by atoms with E-state index in [2.05, 4.69) is 20.0 Å². The Morgan fingerprint density at radius 1 is 1.04 bits per heavy atom. The second kappa shape index (κ2) is 24.9. The molecule has 6 heteroatoms. The van der Waals surface area contributed by atoms with E-state index in [-0.39, 0.29) is 23.0 Å². The largest absolute Gasteiger partial charge is 0 e. The third kappa shape index (κ3) is 22.3. The van der Waals surface area contributed by atoms with Crippen molar-refractivity contribution in [2.24, 2.45) is 0 Å². The van der Waals surface area contributed by atoms with E-state index in [9.17, 15) is 4.79 Å². The number of carbonyl (C=O) groups excluding carboxylic acids is 1. The second-order valence-electron chi connectivity index (χ2n) is 3.49. The van der Waals surface area contributed by atoms with E-state index < -0.39 is 0 Å². The third-order valence-electron chi connectivity index (χ3n) is 2.03. The molecule has 0 radical (unpaired) electrons. The van der Waals surface area contributed by atoms with Crippen LogP contribution in [0.15, 0.2) is 48.1 Å². The van der Waals surface area contributed by atoms with Crippen LogP contribution in [0.1, 0.15) is 19.4 Å². The molecule has 1 rings (SSSR count). The quantitative estimate of drug-likeness (QED) is 0.273. The molecule has 0 N–H and O–H groups in total. The first kappa shape index (κ1) is 29.0. The van der Waals surface area contributed by atoms with E-state index in [1.807, 2.05) is 55.5 Å². The standard InChI is InChI=1S/C14H16O2.3CO.Fe/c1-12(10-11-16-13(2)15)8-9-14-6-4-3-5-7-14;3*1-2;/h3-10H,11H2,1-2H3;;;;/b9-8+,12-10+;;;;. The fraction of sp³-hybridized carbons (Fsp3) is 0.176. The van der Waals surface area contributed by atoms with Crippen molar-refractivity contribution in [2.75, 3.05) is 6.61 Å². The summed E-state index contributed by atoms with van der Waals surface area (Å²) in [5.41, 5.74) is 2.23. The molecule has 122 valence electrons. The van der Waals surface area contributed by atoms with Crippen LogP contribution in [-0.2, 0) is 40.6 Å². The maximum absolute atomic E-state index is 10.5. The monoisotopic (exact) mass is 356 g/mol. The summed E-state index contributed by atoms with van der Waals surface area (Å²) in [5.74, 6) is -0.254. The van der Waals surface area contributed by atoms with Gasteiger partial charge >= 0.3 is 39.9 Å². The van der Waals surface area contributed by atoms with Crippen LogP contribution in [0.5, 0.6) is 0 Å². The molecule has 0 bridgehead atoms. The zero-order chi connectivity index (χ0) is 17.8. The summed E-state index contributed by atoms with van der Waals surface area (Å²) in [7, 11) is 0. The number of ether oxygens (including phenoxy) is 1. The zero-order valence-electron chi connectivity index (χ0n) is 12.7. The molecule has 0 amide bonds. The molecule has 0 heterocycles. The summed E-state index contributed by atoms with van der Waals surface area (Å²) in [6, 6.07) is 10.1. The molecule has 0 spiro atoms. The number of carbonyl (C=O) groups is 1. The smallest absolute Gasteiger partial charge is 0 e. The first-order valence-corrected chi connectivity index (χ1v) is 5.83. The Bertz CT molecular complexity index is 499. The fourth-order valence-corrected chi connectivity index (χ4v) is 1.15. The molecule has 0 aliphatic carbocycles. The second-order valence-corrected chi connectivity index (χ2v) is 3.49. The predicted molar refractivity (Wildman–Crippen MR) is 77.7 cm³/mol. The van der Waals surface area contributed by atoms with Crippen LogP contribution in [0.2, 0.25) is 0 Å². The van der Waals surface area contributed by atoms with E-state index in [1.54, 1.807) is 0 Å². The molecule has 0 saturated heterocycles. The number of esters is 1. The van der Waals surface area contributed by atoms with Crippen LogP contribution >= 0.6 is 0 Å². The summed E-state index contributed by atoms with van der Waals surface area (Å²) >= 11 is 0. The van der Waals surface area contributed by atoms with E-state index >= 15 is 0 Å². The van der Waals surface area contributed by atoms with Gasteiger partial charge < -0.3 is 4.74 Å². The Hall–Kier alpha value is -2.09. The van der Waals surface area contributed by atoms with Gasteiger partial charge in [0.15, 0.2) is 0 Å². The van der Waals surface area contributed by atoms with Gasteiger partial charge in [0.05, 0.1) is 0 Å². The first-order valence-electron chi connectivity index (χ1n) is 5.83. The normalized spacial score (nSPS) is 8.43. The van der Waals surface area contributed by atoms with Crippen molar-refractivity contribution in [3.8, 4) is 0 Å². The van der Waals surface area contributed by atoms with Crippen molar-refractivity contribution >= 4 is 12.0 Å². The average molecular weight is 356 g/mol. The molecule has 0 fully saturated rings. The van der Waals surface area contributed by atoms with Gasteiger partial charge in [-0.1, -0.05) is 48.1 Å². The minimum Gasteiger partial charge on any atom is 0 e. The minimum atomic E-state index is -0.254. The molecule has 23 heavy (non-hydrogen) atoms. The van der Waals surface area contributed by atoms with Crippen molar-refractivity contribution in [3.05, 3.63) is 73.6 Å². The van der Waals surface area contributed by atoms with E-state index in [1.165, 1.54) is 6.92 Å². The molecule has 1 aromatic carbocycles. The van der Waals surface area contributed by atoms with Gasteiger partial charge in [-0.15, -0.1) is 0 Å². The van der Waals surface area contributed by atoms with Crippen molar-refractivity contribution < 1.29 is 40.6 Å². The molecule has 0 aromatic heterocycles. The molecular formula is C17H16FeO5. The molecule has 1 aromatic rings. The van der Waals surface area contributed by atoms with Gasteiger partial charge in [0.2, 0.25) is 0 Å². The number of benzene rings is 1. The molecule has 0 atom stereocenters. The maximum atomic E-state index is 10.5. The van der Waals surface area contributed by atoms with Crippen LogP contribution in [0.3, 0.4) is 0 Å². The van der Waals surface area contributed by atoms with Gasteiger partial charge in [-0.2, -0.15) is 0 Å². The zero-order valence-corrected chi connectivity index (χ0v) is 13.8. The van der Waals surface area contributed by atoms with Gasteiger partial charge in [-0.25, -0.2) is 0 Å². The number of hydrogen-bond donors (Lipinski definition) is 0. The van der Waals surface area contributed by atoms with Crippen molar-refractivity contribution in [3.63, 3.8) is 0 Å². The Morgan fingerprint density at radius 3 is 1.96 bits per heavy atom. The molecule has 0 saturated carbocycles. The average Bonchev–Trinajstić information content (AvgIpc) is 2.59. The van der Waals surface area contributed by atoms with Crippen LogP contribution in [-0.4, -0.2) is 12.6 Å². The van der Waals surface area contributed by atoms with Gasteiger partial charge in [0.1, 0.15) is 6.61 Å². The maximum Gasteiger partial charge on any atom is 0 e. The summed E-state index contributed by atoms with van der Waals surface area (Å²) in [6.45, 7) is 17.2. The summed E-state index contributed by atoms with van der Waals surface area (Å²) in [6.07, 6.45) is 5.90. The number of allylic oxidation sites excluding steroid dienone is 2. The van der Waals surface area contributed by atoms with Crippen molar-refractivity contribution in [1.82, 2.24) is 0 Å². The van der Waals surface area contributed by atoms with Crippen LogP contribution in [0, 0.1) is 20.0 Å². The SMILES string of the molecule is CC(=O)OC/C=C(C)/C=C/c1ccccc1.[C-]#[O+].[C-]#[O+].[C-]#[O+].[Fe]. The van der Waals surface area contributed by atoms with Crippen molar-refractivity contribution in [1.29, 1.82) is 0 Å². The molecule has 0 unspecified atom stereocenters. The van der Waals surface area contributed by atoms with Crippen molar-refractivity contribution in [2.45, 2.75) is 13.8 Å². The molecular weight excluding hydrogens is 340 g/mol. The van der Waals surface area contributed by atoms with Crippen LogP contribution in [0.25, 0.3) is 6.08 Å². The Morgan fingerprint density at radius 2 is 1.52 bits per heavy atom. The fourth-order valence-electron chi connectivity index (χ4n) is 1.15. The summed E-state index contributed by atoms with van der Waals surface area (Å²) in [5, 5.41) is 0. The van der Waals surface area contributed by atoms with E-state index in [4.69, 9.17) is 18.7 Å². The molecule has 5 nitrogen and oxygen atoms in total. The van der Waals surface area contributed by atoms with Gasteiger partial charge in [-0.05, 0) is 18.6 Å².